The van der Waals surface area contributed by atoms with Crippen LogP contribution in [0, 0.1) is 0 Å². The van der Waals surface area contributed by atoms with Crippen molar-refractivity contribution in [3.05, 3.63) is 27.2 Å². The van der Waals surface area contributed by atoms with Gasteiger partial charge in [-0.1, -0.05) is 0 Å². The van der Waals surface area contributed by atoms with Gasteiger partial charge in [-0.2, -0.15) is 8.42 Å². The first-order chi connectivity index (χ1) is 9.22. The van der Waals surface area contributed by atoms with E-state index < -0.39 is 21.6 Å². The molecular weight excluding hydrogens is 292 g/mol. The van der Waals surface area contributed by atoms with Crippen molar-refractivity contribution in [1.29, 1.82) is 0 Å². The van der Waals surface area contributed by atoms with Crippen LogP contribution in [0.4, 0.5) is 0 Å². The van der Waals surface area contributed by atoms with Crippen molar-refractivity contribution in [3.63, 3.8) is 0 Å². The third-order valence-corrected chi connectivity index (χ3v) is 3.25. The van der Waals surface area contributed by atoms with Gasteiger partial charge in [0, 0.05) is 20.6 Å². The SMILES string of the molecule is Cn1c(=O)c2c(ncn2CCOS(=O)(=O)O)n(C)c1=O. The summed E-state index contributed by atoms with van der Waals surface area (Å²) in [5.74, 6) is 0. The highest BCUT2D eigenvalue weighted by molar-refractivity contribution is 7.80. The molecule has 0 aliphatic rings. The lowest BCUT2D eigenvalue weighted by Gasteiger charge is -2.06. The summed E-state index contributed by atoms with van der Waals surface area (Å²) in [6, 6.07) is 0. The quantitative estimate of drug-likeness (QED) is 0.664. The van der Waals surface area contributed by atoms with Gasteiger partial charge in [0.05, 0.1) is 12.9 Å². The van der Waals surface area contributed by atoms with Gasteiger partial charge in [0.1, 0.15) is 0 Å². The Bertz CT molecular complexity index is 874. The lowest BCUT2D eigenvalue weighted by molar-refractivity contribution is 0.258. The summed E-state index contributed by atoms with van der Waals surface area (Å²) in [4.78, 5) is 27.7. The zero-order valence-electron chi connectivity index (χ0n) is 10.7. The number of aryl methyl sites for hydroxylation is 1. The highest BCUT2D eigenvalue weighted by Gasteiger charge is 2.14. The van der Waals surface area contributed by atoms with E-state index in [1.165, 1.54) is 29.6 Å². The number of aromatic nitrogens is 4. The van der Waals surface area contributed by atoms with E-state index in [-0.39, 0.29) is 24.3 Å². The van der Waals surface area contributed by atoms with E-state index in [1.807, 2.05) is 0 Å². The van der Waals surface area contributed by atoms with E-state index in [2.05, 4.69) is 9.17 Å². The zero-order chi connectivity index (χ0) is 15.1. The molecule has 0 spiro atoms. The minimum atomic E-state index is -4.54. The van der Waals surface area contributed by atoms with E-state index in [1.54, 1.807) is 0 Å². The molecule has 0 radical (unpaired) electrons. The number of nitrogens with zero attached hydrogens (tertiary/aromatic N) is 4. The van der Waals surface area contributed by atoms with Gasteiger partial charge in [-0.25, -0.2) is 14.0 Å². The van der Waals surface area contributed by atoms with Crippen LogP contribution < -0.4 is 11.2 Å². The molecule has 0 unspecified atom stereocenters. The van der Waals surface area contributed by atoms with Crippen molar-refractivity contribution in [1.82, 2.24) is 18.7 Å². The van der Waals surface area contributed by atoms with Crippen LogP contribution in [0.25, 0.3) is 11.2 Å². The molecule has 0 bridgehead atoms. The third kappa shape index (κ3) is 2.50. The number of fused-ring (bicyclic) bond motifs is 1. The van der Waals surface area contributed by atoms with E-state index in [4.69, 9.17) is 4.55 Å². The molecule has 0 fully saturated rings. The van der Waals surface area contributed by atoms with Crippen LogP contribution in [-0.4, -0.2) is 38.3 Å². The van der Waals surface area contributed by atoms with Gasteiger partial charge < -0.3 is 4.57 Å². The lowest BCUT2D eigenvalue weighted by Crippen LogP contribution is -2.37. The molecule has 2 aromatic rings. The highest BCUT2D eigenvalue weighted by Crippen LogP contribution is 2.05. The Labute approximate surface area is 112 Å². The Balaban J connectivity index is 2.47. The summed E-state index contributed by atoms with van der Waals surface area (Å²) in [6.07, 6.45) is 1.29. The van der Waals surface area contributed by atoms with Crippen LogP contribution in [-0.2, 0) is 35.2 Å². The predicted molar refractivity (Wildman–Crippen MR) is 67.7 cm³/mol. The van der Waals surface area contributed by atoms with Crippen molar-refractivity contribution >= 4 is 21.6 Å². The molecule has 0 aromatic carbocycles. The summed E-state index contributed by atoms with van der Waals surface area (Å²) in [5.41, 5.74) is -0.729. The Morgan fingerprint density at radius 3 is 2.55 bits per heavy atom. The molecule has 2 aromatic heterocycles. The van der Waals surface area contributed by atoms with Crippen LogP contribution in [0.3, 0.4) is 0 Å². The molecule has 2 rings (SSSR count). The van der Waals surface area contributed by atoms with Crippen molar-refractivity contribution in [2.24, 2.45) is 14.1 Å². The van der Waals surface area contributed by atoms with Gasteiger partial charge >= 0.3 is 16.1 Å². The van der Waals surface area contributed by atoms with Gasteiger partial charge in [0.15, 0.2) is 11.2 Å². The molecular formula is C9H12N4O6S. The summed E-state index contributed by atoms with van der Waals surface area (Å²) in [7, 11) is -1.74. The van der Waals surface area contributed by atoms with Crippen LogP contribution in [0.1, 0.15) is 0 Å². The first-order valence-electron chi connectivity index (χ1n) is 5.45. The van der Waals surface area contributed by atoms with E-state index in [0.29, 0.717) is 0 Å². The predicted octanol–water partition coefficient (Wildman–Crippen LogP) is -1.75. The normalized spacial score (nSPS) is 12.2. The van der Waals surface area contributed by atoms with Gasteiger partial charge in [-0.15, -0.1) is 0 Å². The van der Waals surface area contributed by atoms with Crippen molar-refractivity contribution in [2.75, 3.05) is 6.61 Å². The average Bonchev–Trinajstić information content (AvgIpc) is 2.76. The molecule has 110 valence electrons. The first-order valence-corrected chi connectivity index (χ1v) is 6.81. The maximum atomic E-state index is 12.0. The summed E-state index contributed by atoms with van der Waals surface area (Å²) in [6.45, 7) is -0.389. The molecule has 0 saturated heterocycles. The monoisotopic (exact) mass is 304 g/mol. The van der Waals surface area contributed by atoms with Crippen molar-refractivity contribution in [2.45, 2.75) is 6.54 Å². The molecule has 10 nitrogen and oxygen atoms in total. The minimum Gasteiger partial charge on any atom is -0.322 e. The number of hydrogen-bond acceptors (Lipinski definition) is 6. The largest absolute Gasteiger partial charge is 0.397 e. The topological polar surface area (TPSA) is 125 Å². The Kier molecular flexibility index (Phi) is 3.50. The van der Waals surface area contributed by atoms with Crippen LogP contribution >= 0.6 is 0 Å². The maximum absolute atomic E-state index is 12.0. The maximum Gasteiger partial charge on any atom is 0.397 e. The second-order valence-electron chi connectivity index (χ2n) is 4.07. The van der Waals surface area contributed by atoms with Gasteiger partial charge in [0.2, 0.25) is 0 Å². The fourth-order valence-corrected chi connectivity index (χ4v) is 2.09. The van der Waals surface area contributed by atoms with Gasteiger partial charge in [-0.3, -0.25) is 18.5 Å². The second-order valence-corrected chi connectivity index (χ2v) is 5.16. The van der Waals surface area contributed by atoms with Crippen LogP contribution in [0.5, 0.6) is 0 Å². The summed E-state index contributed by atoms with van der Waals surface area (Å²) in [5, 5.41) is 0. The molecule has 20 heavy (non-hydrogen) atoms. The van der Waals surface area contributed by atoms with Crippen LogP contribution in [0.2, 0.25) is 0 Å². The summed E-state index contributed by atoms with van der Waals surface area (Å²) < 4.78 is 37.0. The Hall–Kier alpha value is -1.98. The number of rotatable bonds is 4. The molecule has 11 heteroatoms. The molecule has 0 aliphatic heterocycles. The van der Waals surface area contributed by atoms with Gasteiger partial charge in [0.25, 0.3) is 5.56 Å². The average molecular weight is 304 g/mol. The van der Waals surface area contributed by atoms with Crippen molar-refractivity contribution < 1.29 is 17.2 Å². The molecule has 0 aliphatic carbocycles. The smallest absolute Gasteiger partial charge is 0.322 e. The fourth-order valence-electron chi connectivity index (χ4n) is 1.81. The second kappa shape index (κ2) is 4.85. The molecule has 0 atom stereocenters. The molecule has 1 N–H and O–H groups in total. The molecule has 0 amide bonds. The van der Waals surface area contributed by atoms with E-state index >= 15 is 0 Å². The zero-order valence-corrected chi connectivity index (χ0v) is 11.5. The summed E-state index contributed by atoms with van der Waals surface area (Å²) >= 11 is 0. The Morgan fingerprint density at radius 2 is 1.95 bits per heavy atom. The van der Waals surface area contributed by atoms with Crippen molar-refractivity contribution in [3.8, 4) is 0 Å². The van der Waals surface area contributed by atoms with E-state index in [0.717, 1.165) is 4.57 Å². The lowest BCUT2D eigenvalue weighted by atomic mass is 10.5. The third-order valence-electron chi connectivity index (χ3n) is 2.78. The standard InChI is InChI=1S/C9H12N4O6S/c1-11-7-6(8(14)12(2)9(11)15)13(5-10-7)3-4-19-20(16,17)18/h5H,3-4H2,1-2H3,(H,16,17,18). The highest BCUT2D eigenvalue weighted by atomic mass is 32.3. The Morgan fingerprint density at radius 1 is 1.30 bits per heavy atom. The van der Waals surface area contributed by atoms with Gasteiger partial charge in [-0.05, 0) is 0 Å². The minimum absolute atomic E-state index is 0.0241. The van der Waals surface area contributed by atoms with E-state index in [9.17, 15) is 18.0 Å². The van der Waals surface area contributed by atoms with Crippen LogP contribution in [0.15, 0.2) is 15.9 Å². The molecule has 2 heterocycles. The fraction of sp³-hybridized carbons (Fsp3) is 0.444. The first kappa shape index (κ1) is 14.4. The number of imidazole rings is 1. The molecule has 0 saturated carbocycles. The number of hydrogen-bond donors (Lipinski definition) is 1.